The molecule has 0 spiro atoms. The Morgan fingerprint density at radius 1 is 0.727 bits per heavy atom. The summed E-state index contributed by atoms with van der Waals surface area (Å²) >= 11 is 0. The number of carbonyl (C=O) groups excluding carboxylic acids is 1. The fraction of sp³-hybridized carbons (Fsp3) is 0.0500. The first-order valence-corrected chi connectivity index (χ1v) is 7.11. The highest BCUT2D eigenvalue weighted by Gasteiger charge is 2.11. The zero-order valence-electron chi connectivity index (χ0n) is 12.3. The molecule has 0 aromatic heterocycles. The summed E-state index contributed by atoms with van der Waals surface area (Å²) in [5.74, 6) is 0.801. The molecule has 0 aliphatic rings. The van der Waals surface area contributed by atoms with E-state index < -0.39 is 0 Å². The monoisotopic (exact) mass is 288 g/mol. The minimum Gasteiger partial charge on any atom is -0.497 e. The average molecular weight is 288 g/mol. The van der Waals surface area contributed by atoms with Gasteiger partial charge in [0, 0.05) is 5.56 Å². The number of hydrogen-bond donors (Lipinski definition) is 0. The number of aldehydes is 1. The van der Waals surface area contributed by atoms with E-state index in [0.29, 0.717) is 5.56 Å². The Hall–Kier alpha value is -2.87. The molecule has 0 saturated heterocycles. The smallest absolute Gasteiger partial charge is 0.151 e. The number of benzene rings is 3. The summed E-state index contributed by atoms with van der Waals surface area (Å²) in [6, 6.07) is 23.6. The van der Waals surface area contributed by atoms with Crippen LogP contribution in [0.15, 0.2) is 72.8 Å². The highest BCUT2D eigenvalue weighted by molar-refractivity contribution is 5.96. The summed E-state index contributed by atoms with van der Waals surface area (Å²) in [5, 5.41) is 0. The van der Waals surface area contributed by atoms with E-state index in [1.54, 1.807) is 7.11 Å². The Labute approximate surface area is 130 Å². The summed E-state index contributed by atoms with van der Waals surface area (Å²) in [4.78, 5) is 11.7. The maximum atomic E-state index is 11.7. The molecule has 0 amide bonds. The lowest BCUT2D eigenvalue weighted by atomic mass is 9.92. The summed E-state index contributed by atoms with van der Waals surface area (Å²) in [5.41, 5.74) is 4.63. The van der Waals surface area contributed by atoms with Crippen molar-refractivity contribution in [1.82, 2.24) is 0 Å². The predicted octanol–water partition coefficient (Wildman–Crippen LogP) is 4.84. The normalized spacial score (nSPS) is 10.2. The van der Waals surface area contributed by atoms with Crippen LogP contribution in [-0.2, 0) is 0 Å². The number of methoxy groups -OCH3 is 1. The first-order valence-electron chi connectivity index (χ1n) is 7.11. The van der Waals surface area contributed by atoms with Gasteiger partial charge in [-0.15, -0.1) is 0 Å². The van der Waals surface area contributed by atoms with Gasteiger partial charge in [-0.1, -0.05) is 60.7 Å². The fourth-order valence-corrected chi connectivity index (χ4v) is 2.58. The van der Waals surface area contributed by atoms with Crippen molar-refractivity contribution < 1.29 is 9.53 Å². The van der Waals surface area contributed by atoms with E-state index in [2.05, 4.69) is 0 Å². The lowest BCUT2D eigenvalue weighted by Crippen LogP contribution is -1.92. The van der Waals surface area contributed by atoms with Crippen LogP contribution in [0.5, 0.6) is 5.75 Å². The molecule has 22 heavy (non-hydrogen) atoms. The molecule has 0 fully saturated rings. The molecule has 0 N–H and O–H groups in total. The Morgan fingerprint density at radius 2 is 1.32 bits per heavy atom. The highest BCUT2D eigenvalue weighted by Crippen LogP contribution is 2.31. The van der Waals surface area contributed by atoms with Crippen molar-refractivity contribution in [2.24, 2.45) is 0 Å². The van der Waals surface area contributed by atoms with E-state index in [1.807, 2.05) is 72.8 Å². The third kappa shape index (κ3) is 2.63. The molecule has 0 saturated carbocycles. The molecular formula is C20H16O2. The van der Waals surface area contributed by atoms with Crippen LogP contribution in [0.25, 0.3) is 22.3 Å². The molecule has 0 radical (unpaired) electrons. The standard InChI is InChI=1S/C20H16O2/c1-22-17-12-10-16(11-13-17)19-9-5-8-18(20(19)14-21)15-6-3-2-4-7-15/h2-14H,1H3. The van der Waals surface area contributed by atoms with Gasteiger partial charge < -0.3 is 4.74 Å². The molecule has 0 unspecified atom stereocenters. The third-order valence-electron chi connectivity index (χ3n) is 3.71. The van der Waals surface area contributed by atoms with Gasteiger partial charge in [-0.3, -0.25) is 4.79 Å². The highest BCUT2D eigenvalue weighted by atomic mass is 16.5. The van der Waals surface area contributed by atoms with E-state index in [9.17, 15) is 4.79 Å². The van der Waals surface area contributed by atoms with Crippen molar-refractivity contribution in [2.75, 3.05) is 7.11 Å². The van der Waals surface area contributed by atoms with Crippen LogP contribution in [0.1, 0.15) is 10.4 Å². The Morgan fingerprint density at radius 3 is 1.86 bits per heavy atom. The molecule has 0 heterocycles. The maximum absolute atomic E-state index is 11.7. The van der Waals surface area contributed by atoms with Crippen LogP contribution < -0.4 is 4.74 Å². The van der Waals surface area contributed by atoms with Crippen LogP contribution in [0.4, 0.5) is 0 Å². The molecule has 0 aliphatic carbocycles. The zero-order valence-corrected chi connectivity index (χ0v) is 12.3. The van der Waals surface area contributed by atoms with Gasteiger partial charge in [-0.25, -0.2) is 0 Å². The number of hydrogen-bond acceptors (Lipinski definition) is 2. The first kappa shape index (κ1) is 14.1. The second-order valence-electron chi connectivity index (χ2n) is 4.98. The largest absolute Gasteiger partial charge is 0.497 e. The van der Waals surface area contributed by atoms with Gasteiger partial charge in [-0.05, 0) is 34.4 Å². The Kier molecular flexibility index (Phi) is 4.01. The zero-order chi connectivity index (χ0) is 15.4. The molecule has 2 heteroatoms. The quantitative estimate of drug-likeness (QED) is 0.642. The second kappa shape index (κ2) is 6.27. The molecule has 2 nitrogen and oxygen atoms in total. The van der Waals surface area contributed by atoms with E-state index in [4.69, 9.17) is 4.74 Å². The fourth-order valence-electron chi connectivity index (χ4n) is 2.58. The van der Waals surface area contributed by atoms with Crippen LogP contribution >= 0.6 is 0 Å². The minimum absolute atomic E-state index is 0.707. The lowest BCUT2D eigenvalue weighted by molar-refractivity contribution is 0.112. The van der Waals surface area contributed by atoms with Crippen LogP contribution in [0, 0.1) is 0 Å². The summed E-state index contributed by atoms with van der Waals surface area (Å²) in [7, 11) is 1.64. The molecule has 0 bridgehead atoms. The number of ether oxygens (including phenoxy) is 1. The van der Waals surface area contributed by atoms with Gasteiger partial charge in [0.15, 0.2) is 6.29 Å². The van der Waals surface area contributed by atoms with Crippen molar-refractivity contribution in [3.63, 3.8) is 0 Å². The van der Waals surface area contributed by atoms with Crippen LogP contribution in [0.2, 0.25) is 0 Å². The molecule has 108 valence electrons. The molecule has 3 aromatic rings. The van der Waals surface area contributed by atoms with Crippen molar-refractivity contribution in [2.45, 2.75) is 0 Å². The van der Waals surface area contributed by atoms with Crippen molar-refractivity contribution in [3.8, 4) is 28.0 Å². The van der Waals surface area contributed by atoms with Gasteiger partial charge >= 0.3 is 0 Å². The Balaban J connectivity index is 2.14. The number of carbonyl (C=O) groups is 1. The van der Waals surface area contributed by atoms with Gasteiger partial charge in [0.05, 0.1) is 7.11 Å². The SMILES string of the molecule is COc1ccc(-c2cccc(-c3ccccc3)c2C=O)cc1. The summed E-state index contributed by atoms with van der Waals surface area (Å²) in [6.45, 7) is 0. The van der Waals surface area contributed by atoms with Crippen molar-refractivity contribution in [3.05, 3.63) is 78.4 Å². The van der Waals surface area contributed by atoms with Gasteiger partial charge in [0.1, 0.15) is 5.75 Å². The topological polar surface area (TPSA) is 26.3 Å². The van der Waals surface area contributed by atoms with Gasteiger partial charge in [0.25, 0.3) is 0 Å². The Bertz CT molecular complexity index is 775. The predicted molar refractivity (Wildman–Crippen MR) is 89.3 cm³/mol. The lowest BCUT2D eigenvalue weighted by Gasteiger charge is -2.11. The molecule has 3 aromatic carbocycles. The van der Waals surface area contributed by atoms with Crippen LogP contribution in [-0.4, -0.2) is 13.4 Å². The van der Waals surface area contributed by atoms with E-state index >= 15 is 0 Å². The van der Waals surface area contributed by atoms with E-state index in [-0.39, 0.29) is 0 Å². The maximum Gasteiger partial charge on any atom is 0.151 e. The first-order chi connectivity index (χ1) is 10.8. The average Bonchev–Trinajstić information content (AvgIpc) is 2.62. The molecule has 0 aliphatic heterocycles. The minimum atomic E-state index is 0.707. The number of rotatable bonds is 4. The van der Waals surface area contributed by atoms with E-state index in [1.165, 1.54) is 0 Å². The summed E-state index contributed by atoms with van der Waals surface area (Å²) < 4.78 is 5.19. The third-order valence-corrected chi connectivity index (χ3v) is 3.71. The van der Waals surface area contributed by atoms with Crippen LogP contribution in [0.3, 0.4) is 0 Å². The molecule has 0 atom stereocenters. The molecular weight excluding hydrogens is 272 g/mol. The van der Waals surface area contributed by atoms with Crippen molar-refractivity contribution in [1.29, 1.82) is 0 Å². The molecule has 3 rings (SSSR count). The van der Waals surface area contributed by atoms with Gasteiger partial charge in [-0.2, -0.15) is 0 Å². The summed E-state index contributed by atoms with van der Waals surface area (Å²) in [6.07, 6.45) is 0.932. The van der Waals surface area contributed by atoms with E-state index in [0.717, 1.165) is 34.3 Å². The van der Waals surface area contributed by atoms with Gasteiger partial charge in [0.2, 0.25) is 0 Å². The van der Waals surface area contributed by atoms with Crippen molar-refractivity contribution >= 4 is 6.29 Å². The second-order valence-corrected chi connectivity index (χ2v) is 4.98.